The van der Waals surface area contributed by atoms with Crippen LogP contribution in [0.15, 0.2) is 23.1 Å². The van der Waals surface area contributed by atoms with E-state index in [9.17, 15) is 13.2 Å². The number of piperazine rings is 1. The van der Waals surface area contributed by atoms with Crippen molar-refractivity contribution in [3.63, 3.8) is 0 Å². The maximum Gasteiger partial charge on any atom is 0.246 e. The summed E-state index contributed by atoms with van der Waals surface area (Å²) in [6.07, 6.45) is 1.15. The Morgan fingerprint density at radius 1 is 1.15 bits per heavy atom. The van der Waals surface area contributed by atoms with Crippen molar-refractivity contribution < 1.29 is 22.8 Å². The van der Waals surface area contributed by atoms with Crippen molar-refractivity contribution in [1.82, 2.24) is 9.21 Å². The highest BCUT2D eigenvalue weighted by molar-refractivity contribution is 7.89. The summed E-state index contributed by atoms with van der Waals surface area (Å²) in [4.78, 5) is 16.4. The number of carbonyl (C=O) groups is 1. The van der Waals surface area contributed by atoms with E-state index in [0.717, 1.165) is 31.7 Å². The van der Waals surface area contributed by atoms with Crippen LogP contribution in [0, 0.1) is 12.8 Å². The summed E-state index contributed by atoms with van der Waals surface area (Å²) in [5, 5.41) is 0. The zero-order valence-electron chi connectivity index (χ0n) is 16.4. The normalized spacial score (nSPS) is 20.6. The Bertz CT molecular complexity index is 780. The molecule has 2 aliphatic heterocycles. The number of hydrogen-bond donors (Lipinski definition) is 1. The molecule has 0 radical (unpaired) electrons. The maximum absolute atomic E-state index is 13.1. The van der Waals surface area contributed by atoms with E-state index in [1.165, 1.54) is 16.3 Å². The molecule has 1 aromatic rings. The van der Waals surface area contributed by atoms with Gasteiger partial charge in [-0.05, 0) is 37.5 Å². The van der Waals surface area contributed by atoms with Crippen molar-refractivity contribution in [3.05, 3.63) is 23.8 Å². The Morgan fingerprint density at radius 3 is 2.37 bits per heavy atom. The summed E-state index contributed by atoms with van der Waals surface area (Å²) in [6, 6.07) is 5.17. The lowest BCUT2D eigenvalue weighted by Gasteiger charge is -2.36. The molecule has 2 fully saturated rings. The molecule has 8 heteroatoms. The minimum atomic E-state index is -3.63. The van der Waals surface area contributed by atoms with Gasteiger partial charge in [0.1, 0.15) is 10.6 Å². The fourth-order valence-corrected chi connectivity index (χ4v) is 5.54. The molecule has 0 atom stereocenters. The Kier molecular flexibility index (Phi) is 6.08. The van der Waals surface area contributed by atoms with Gasteiger partial charge in [-0.3, -0.25) is 4.79 Å². The molecule has 3 rings (SSSR count). The molecule has 0 unspecified atom stereocenters. The third-order valence-corrected chi connectivity index (χ3v) is 7.59. The van der Waals surface area contributed by atoms with Crippen LogP contribution in [0.25, 0.3) is 0 Å². The highest BCUT2D eigenvalue weighted by Gasteiger charge is 2.35. The second-order valence-electron chi connectivity index (χ2n) is 7.62. The van der Waals surface area contributed by atoms with Crippen LogP contribution in [0.1, 0.15) is 18.4 Å². The van der Waals surface area contributed by atoms with Gasteiger partial charge >= 0.3 is 0 Å². The van der Waals surface area contributed by atoms with Gasteiger partial charge in [0.05, 0.1) is 40.3 Å². The predicted molar refractivity (Wildman–Crippen MR) is 102 cm³/mol. The molecule has 0 aliphatic carbocycles. The third kappa shape index (κ3) is 4.28. The first kappa shape index (κ1) is 20.1. The van der Waals surface area contributed by atoms with Gasteiger partial charge in [0, 0.05) is 19.0 Å². The predicted octanol–water partition coefficient (Wildman–Crippen LogP) is -0.239. The van der Waals surface area contributed by atoms with E-state index in [1.54, 1.807) is 12.1 Å². The van der Waals surface area contributed by atoms with Crippen molar-refractivity contribution in [3.8, 4) is 5.75 Å². The van der Waals surface area contributed by atoms with Gasteiger partial charge in [-0.1, -0.05) is 6.07 Å². The molecule has 0 saturated carbocycles. The van der Waals surface area contributed by atoms with E-state index >= 15 is 0 Å². The molecule has 2 saturated heterocycles. The monoisotopic (exact) mass is 396 g/mol. The molecule has 27 heavy (non-hydrogen) atoms. The van der Waals surface area contributed by atoms with Gasteiger partial charge in [0.15, 0.2) is 0 Å². The van der Waals surface area contributed by atoms with E-state index < -0.39 is 10.0 Å². The molecule has 150 valence electrons. The van der Waals surface area contributed by atoms with Gasteiger partial charge in [-0.15, -0.1) is 0 Å². The quantitative estimate of drug-likeness (QED) is 0.763. The first-order chi connectivity index (χ1) is 12.8. The van der Waals surface area contributed by atoms with Crippen molar-refractivity contribution in [2.75, 3.05) is 53.4 Å². The minimum absolute atomic E-state index is 0.0748. The van der Waals surface area contributed by atoms with Crippen molar-refractivity contribution in [2.45, 2.75) is 24.7 Å². The molecular formula is C19H30N3O4S+. The van der Waals surface area contributed by atoms with Crippen LogP contribution >= 0.6 is 0 Å². The molecule has 2 heterocycles. The van der Waals surface area contributed by atoms with Crippen LogP contribution in [-0.2, 0) is 14.8 Å². The number of quaternary nitrogens is 1. The topological polar surface area (TPSA) is 71.4 Å². The number of nitrogens with zero attached hydrogens (tertiary/aromatic N) is 2. The molecule has 1 aromatic carbocycles. The Labute approximate surface area is 161 Å². The van der Waals surface area contributed by atoms with Gasteiger partial charge in [0.25, 0.3) is 0 Å². The zero-order valence-corrected chi connectivity index (χ0v) is 17.2. The second-order valence-corrected chi connectivity index (χ2v) is 9.52. The summed E-state index contributed by atoms with van der Waals surface area (Å²) in [5.41, 5.74) is 0.872. The fraction of sp³-hybridized carbons (Fsp3) is 0.632. The number of ether oxygens (including phenoxy) is 1. The molecule has 2 aliphatic rings. The molecule has 7 nitrogen and oxygen atoms in total. The number of likely N-dealkylation sites (N-methyl/N-ethyl adjacent to an activating group) is 1. The lowest BCUT2D eigenvalue weighted by atomic mass is 9.96. The van der Waals surface area contributed by atoms with Crippen molar-refractivity contribution in [1.29, 1.82) is 0 Å². The highest BCUT2D eigenvalue weighted by Crippen LogP contribution is 2.31. The van der Waals surface area contributed by atoms with E-state index in [0.29, 0.717) is 31.7 Å². The Hall–Kier alpha value is -1.64. The first-order valence-electron chi connectivity index (χ1n) is 9.58. The van der Waals surface area contributed by atoms with Crippen LogP contribution in [0.3, 0.4) is 0 Å². The summed E-state index contributed by atoms with van der Waals surface area (Å²) in [6.45, 7) is 6.15. The standard InChI is InChI=1S/C19H29N3O4S/c1-15-4-5-17(26-3)18(14-15)27(24,25)22-8-6-16(7-9-22)19(23)21-12-10-20(2)11-13-21/h4-5,14,16H,6-13H2,1-3H3/p+1. The van der Waals surface area contributed by atoms with Crippen LogP contribution in [0.5, 0.6) is 5.75 Å². The van der Waals surface area contributed by atoms with Crippen LogP contribution in [-0.4, -0.2) is 77.0 Å². The average molecular weight is 397 g/mol. The number of sulfonamides is 1. The lowest BCUT2D eigenvalue weighted by molar-refractivity contribution is -0.883. The minimum Gasteiger partial charge on any atom is -0.495 e. The van der Waals surface area contributed by atoms with E-state index in [1.807, 2.05) is 17.9 Å². The van der Waals surface area contributed by atoms with Gasteiger partial charge in [0.2, 0.25) is 15.9 Å². The van der Waals surface area contributed by atoms with Gasteiger partial charge in [-0.2, -0.15) is 4.31 Å². The van der Waals surface area contributed by atoms with Crippen LogP contribution in [0.4, 0.5) is 0 Å². The van der Waals surface area contributed by atoms with Crippen LogP contribution < -0.4 is 9.64 Å². The van der Waals surface area contributed by atoms with E-state index in [2.05, 4.69) is 7.05 Å². The smallest absolute Gasteiger partial charge is 0.246 e. The largest absolute Gasteiger partial charge is 0.495 e. The highest BCUT2D eigenvalue weighted by atomic mass is 32.2. The molecule has 0 spiro atoms. The fourth-order valence-electron chi connectivity index (χ4n) is 3.83. The second kappa shape index (κ2) is 8.16. The lowest BCUT2D eigenvalue weighted by Crippen LogP contribution is -3.12. The summed E-state index contributed by atoms with van der Waals surface area (Å²) >= 11 is 0. The van der Waals surface area contributed by atoms with E-state index in [-0.39, 0.29) is 16.7 Å². The van der Waals surface area contributed by atoms with E-state index in [4.69, 9.17) is 4.74 Å². The summed E-state index contributed by atoms with van der Waals surface area (Å²) < 4.78 is 32.9. The molecular weight excluding hydrogens is 366 g/mol. The summed E-state index contributed by atoms with van der Waals surface area (Å²) in [7, 11) is -0.00636. The number of rotatable bonds is 4. The van der Waals surface area contributed by atoms with Crippen molar-refractivity contribution in [2.24, 2.45) is 5.92 Å². The third-order valence-electron chi connectivity index (χ3n) is 5.67. The Balaban J connectivity index is 1.66. The molecule has 1 N–H and O–H groups in total. The van der Waals surface area contributed by atoms with Crippen molar-refractivity contribution >= 4 is 15.9 Å². The zero-order chi connectivity index (χ0) is 19.6. The number of methoxy groups -OCH3 is 1. The number of hydrogen-bond acceptors (Lipinski definition) is 4. The average Bonchev–Trinajstić information content (AvgIpc) is 2.68. The van der Waals surface area contributed by atoms with Gasteiger partial charge < -0.3 is 14.5 Å². The molecule has 1 amide bonds. The number of piperidine rings is 1. The number of carbonyl (C=O) groups excluding carboxylic acids is 1. The Morgan fingerprint density at radius 2 is 1.78 bits per heavy atom. The maximum atomic E-state index is 13.1. The van der Waals surface area contributed by atoms with Crippen LogP contribution in [0.2, 0.25) is 0 Å². The molecule has 0 aromatic heterocycles. The molecule has 0 bridgehead atoms. The van der Waals surface area contributed by atoms with Gasteiger partial charge in [-0.25, -0.2) is 8.42 Å². The number of nitrogens with one attached hydrogen (secondary N) is 1. The first-order valence-corrected chi connectivity index (χ1v) is 11.0. The SMILES string of the molecule is COc1ccc(C)cc1S(=O)(=O)N1CCC(C(=O)N2CC[NH+](C)CC2)CC1. The summed E-state index contributed by atoms with van der Waals surface area (Å²) in [5.74, 6) is 0.473. The number of benzene rings is 1. The number of amides is 1. The number of aryl methyl sites for hydroxylation is 1.